The summed E-state index contributed by atoms with van der Waals surface area (Å²) in [6.07, 6.45) is 9.84. The van der Waals surface area contributed by atoms with Crippen molar-refractivity contribution >= 4 is 5.91 Å². The van der Waals surface area contributed by atoms with E-state index in [9.17, 15) is 4.79 Å². The number of ether oxygens (including phenoxy) is 2. The van der Waals surface area contributed by atoms with Gasteiger partial charge in [-0.2, -0.15) is 0 Å². The van der Waals surface area contributed by atoms with Gasteiger partial charge in [-0.15, -0.1) is 0 Å². The summed E-state index contributed by atoms with van der Waals surface area (Å²) >= 11 is 0. The number of hydrogen-bond donors (Lipinski definition) is 1. The lowest BCUT2D eigenvalue weighted by molar-refractivity contribution is 0.0886. The SMILES string of the molecule is COc1nccnc1OC1CCC(NC(=O)c2cccnc2)CC1. The van der Waals surface area contributed by atoms with Gasteiger partial charge >= 0.3 is 0 Å². The Morgan fingerprint density at radius 2 is 1.88 bits per heavy atom. The first kappa shape index (κ1) is 16.2. The van der Waals surface area contributed by atoms with Gasteiger partial charge in [0.25, 0.3) is 17.7 Å². The molecule has 1 aliphatic carbocycles. The fourth-order valence-electron chi connectivity index (χ4n) is 2.78. The number of aromatic nitrogens is 3. The Morgan fingerprint density at radius 3 is 2.54 bits per heavy atom. The highest BCUT2D eigenvalue weighted by atomic mass is 16.5. The summed E-state index contributed by atoms with van der Waals surface area (Å²) in [6, 6.07) is 3.67. The highest BCUT2D eigenvalue weighted by Gasteiger charge is 2.25. The summed E-state index contributed by atoms with van der Waals surface area (Å²) in [5.74, 6) is 0.732. The minimum Gasteiger partial charge on any atom is -0.477 e. The van der Waals surface area contributed by atoms with E-state index in [1.165, 1.54) is 0 Å². The van der Waals surface area contributed by atoms with Crippen LogP contribution in [0.1, 0.15) is 36.0 Å². The highest BCUT2D eigenvalue weighted by Crippen LogP contribution is 2.27. The third-order valence-electron chi connectivity index (χ3n) is 4.04. The number of nitrogens with zero attached hydrogens (tertiary/aromatic N) is 3. The Hall–Kier alpha value is -2.70. The van der Waals surface area contributed by atoms with Gasteiger partial charge in [0.2, 0.25) is 0 Å². The molecule has 2 aromatic rings. The van der Waals surface area contributed by atoms with Gasteiger partial charge in [-0.3, -0.25) is 9.78 Å². The van der Waals surface area contributed by atoms with Gasteiger partial charge in [0, 0.05) is 30.8 Å². The normalized spacial score (nSPS) is 20.2. The molecule has 7 nitrogen and oxygen atoms in total. The molecule has 0 bridgehead atoms. The topological polar surface area (TPSA) is 86.2 Å². The molecule has 0 spiro atoms. The second kappa shape index (κ2) is 7.72. The standard InChI is InChI=1S/C17H20N4O3/c1-23-16-17(20-10-9-19-16)24-14-6-4-13(5-7-14)21-15(22)12-3-2-8-18-11-12/h2-3,8-11,13-14H,4-7H2,1H3,(H,21,22). The lowest BCUT2D eigenvalue weighted by Crippen LogP contribution is -2.39. The summed E-state index contributed by atoms with van der Waals surface area (Å²) in [5, 5.41) is 3.05. The number of amides is 1. The quantitative estimate of drug-likeness (QED) is 0.903. The minimum absolute atomic E-state index is 0.0575. The molecule has 0 aliphatic heterocycles. The van der Waals surface area contributed by atoms with Gasteiger partial charge in [0.1, 0.15) is 6.10 Å². The van der Waals surface area contributed by atoms with E-state index >= 15 is 0 Å². The van der Waals surface area contributed by atoms with E-state index in [4.69, 9.17) is 9.47 Å². The molecule has 2 heterocycles. The van der Waals surface area contributed by atoms with Crippen LogP contribution in [0, 0.1) is 0 Å². The van der Waals surface area contributed by atoms with E-state index in [0.29, 0.717) is 17.3 Å². The second-order valence-corrected chi connectivity index (χ2v) is 5.68. The third kappa shape index (κ3) is 3.98. The van der Waals surface area contributed by atoms with Crippen LogP contribution in [0.3, 0.4) is 0 Å². The number of methoxy groups -OCH3 is 1. The monoisotopic (exact) mass is 328 g/mol. The van der Waals surface area contributed by atoms with E-state index in [1.54, 1.807) is 44.0 Å². The van der Waals surface area contributed by atoms with Crippen molar-refractivity contribution in [3.05, 3.63) is 42.5 Å². The van der Waals surface area contributed by atoms with Gasteiger partial charge < -0.3 is 14.8 Å². The summed E-state index contributed by atoms with van der Waals surface area (Å²) < 4.78 is 11.0. The maximum Gasteiger partial charge on any atom is 0.278 e. The fraction of sp³-hybridized carbons (Fsp3) is 0.412. The maximum atomic E-state index is 12.2. The molecular formula is C17H20N4O3. The average molecular weight is 328 g/mol. The van der Waals surface area contributed by atoms with E-state index < -0.39 is 0 Å². The van der Waals surface area contributed by atoms with Crippen molar-refractivity contribution in [1.82, 2.24) is 20.3 Å². The number of rotatable bonds is 5. The predicted molar refractivity (Wildman–Crippen MR) is 87.0 cm³/mol. The zero-order valence-electron chi connectivity index (χ0n) is 13.5. The van der Waals surface area contributed by atoms with Crippen molar-refractivity contribution < 1.29 is 14.3 Å². The Labute approximate surface area is 140 Å². The predicted octanol–water partition coefficient (Wildman–Crippen LogP) is 2.00. The van der Waals surface area contributed by atoms with Gasteiger partial charge in [0.05, 0.1) is 12.7 Å². The van der Waals surface area contributed by atoms with Crippen molar-refractivity contribution in [2.45, 2.75) is 37.8 Å². The fourth-order valence-corrected chi connectivity index (χ4v) is 2.78. The van der Waals surface area contributed by atoms with Gasteiger partial charge in [-0.25, -0.2) is 9.97 Å². The summed E-state index contributed by atoms with van der Waals surface area (Å²) in [4.78, 5) is 24.4. The van der Waals surface area contributed by atoms with Crippen molar-refractivity contribution in [3.63, 3.8) is 0 Å². The van der Waals surface area contributed by atoms with Crippen LogP contribution in [0.2, 0.25) is 0 Å². The Morgan fingerprint density at radius 1 is 1.12 bits per heavy atom. The first-order valence-electron chi connectivity index (χ1n) is 7.99. The number of pyridine rings is 1. The number of hydrogen-bond acceptors (Lipinski definition) is 6. The van der Waals surface area contributed by atoms with Gasteiger partial charge in [-0.05, 0) is 37.8 Å². The van der Waals surface area contributed by atoms with E-state index in [-0.39, 0.29) is 18.1 Å². The Bertz CT molecular complexity index is 673. The molecule has 7 heteroatoms. The summed E-state index contributed by atoms with van der Waals surface area (Å²) in [5.41, 5.74) is 0.583. The van der Waals surface area contributed by atoms with Crippen LogP contribution in [0.15, 0.2) is 36.9 Å². The molecule has 1 fully saturated rings. The van der Waals surface area contributed by atoms with Crippen LogP contribution in [0.4, 0.5) is 0 Å². The van der Waals surface area contributed by atoms with Crippen molar-refractivity contribution in [2.75, 3.05) is 7.11 Å². The zero-order chi connectivity index (χ0) is 16.8. The molecule has 2 aromatic heterocycles. The first-order chi connectivity index (χ1) is 11.8. The molecule has 0 atom stereocenters. The lowest BCUT2D eigenvalue weighted by Gasteiger charge is -2.29. The van der Waals surface area contributed by atoms with Crippen molar-refractivity contribution in [2.24, 2.45) is 0 Å². The van der Waals surface area contributed by atoms with Crippen LogP contribution in [0.25, 0.3) is 0 Å². The van der Waals surface area contributed by atoms with Crippen LogP contribution in [-0.2, 0) is 0 Å². The van der Waals surface area contributed by atoms with Crippen LogP contribution in [-0.4, -0.2) is 40.1 Å². The summed E-state index contributed by atoms with van der Waals surface area (Å²) in [6.45, 7) is 0. The average Bonchev–Trinajstić information content (AvgIpc) is 2.64. The molecular weight excluding hydrogens is 308 g/mol. The van der Waals surface area contributed by atoms with Crippen molar-refractivity contribution in [1.29, 1.82) is 0 Å². The van der Waals surface area contributed by atoms with Crippen LogP contribution < -0.4 is 14.8 Å². The van der Waals surface area contributed by atoms with Crippen LogP contribution >= 0.6 is 0 Å². The smallest absolute Gasteiger partial charge is 0.278 e. The largest absolute Gasteiger partial charge is 0.477 e. The molecule has 0 aromatic carbocycles. The summed E-state index contributed by atoms with van der Waals surface area (Å²) in [7, 11) is 1.54. The van der Waals surface area contributed by atoms with E-state index in [1.807, 2.05) is 0 Å². The number of carbonyl (C=O) groups excluding carboxylic acids is 1. The molecule has 24 heavy (non-hydrogen) atoms. The van der Waals surface area contributed by atoms with Crippen LogP contribution in [0.5, 0.6) is 11.8 Å². The van der Waals surface area contributed by atoms with E-state index in [2.05, 4.69) is 20.3 Å². The molecule has 1 amide bonds. The maximum absolute atomic E-state index is 12.2. The zero-order valence-corrected chi connectivity index (χ0v) is 13.5. The van der Waals surface area contributed by atoms with Gasteiger partial charge in [0.15, 0.2) is 0 Å². The number of nitrogens with one attached hydrogen (secondary N) is 1. The molecule has 0 unspecified atom stereocenters. The molecule has 0 radical (unpaired) electrons. The van der Waals surface area contributed by atoms with Gasteiger partial charge in [-0.1, -0.05) is 0 Å². The van der Waals surface area contributed by atoms with E-state index in [0.717, 1.165) is 25.7 Å². The Balaban J connectivity index is 1.50. The molecule has 1 N–H and O–H groups in total. The molecule has 1 aliphatic rings. The Kier molecular flexibility index (Phi) is 5.20. The molecule has 1 saturated carbocycles. The molecule has 0 saturated heterocycles. The lowest BCUT2D eigenvalue weighted by atomic mass is 9.92. The molecule has 126 valence electrons. The number of carbonyl (C=O) groups is 1. The highest BCUT2D eigenvalue weighted by molar-refractivity contribution is 5.93. The second-order valence-electron chi connectivity index (χ2n) is 5.68. The van der Waals surface area contributed by atoms with Crippen molar-refractivity contribution in [3.8, 4) is 11.8 Å². The minimum atomic E-state index is -0.0805. The first-order valence-corrected chi connectivity index (χ1v) is 7.99. The molecule has 3 rings (SSSR count). The third-order valence-corrected chi connectivity index (χ3v) is 4.04.